The van der Waals surface area contributed by atoms with Crippen LogP contribution in [0.25, 0.3) is 6.08 Å². The topological polar surface area (TPSA) is 52.6 Å². The van der Waals surface area contributed by atoms with Gasteiger partial charge in [-0.15, -0.1) is 0 Å². The zero-order valence-corrected chi connectivity index (χ0v) is 11.0. The summed E-state index contributed by atoms with van der Waals surface area (Å²) < 4.78 is 60.1. The molecule has 19 heavy (non-hydrogen) atoms. The summed E-state index contributed by atoms with van der Waals surface area (Å²) in [6.45, 7) is 3.55. The van der Waals surface area contributed by atoms with Crippen LogP contribution in [0.4, 0.5) is 13.4 Å². The van der Waals surface area contributed by atoms with Gasteiger partial charge in [-0.2, -0.15) is 8.42 Å². The van der Waals surface area contributed by atoms with Gasteiger partial charge >= 0.3 is 14.5 Å². The SMILES string of the molecule is C=Cc1ccc(CSS(=O)(=O)OO[N+](F)(F)F)cc1. The summed E-state index contributed by atoms with van der Waals surface area (Å²) >= 11 is 0. The first-order valence-corrected chi connectivity index (χ1v) is 7.59. The zero-order valence-electron chi connectivity index (χ0n) is 9.33. The van der Waals surface area contributed by atoms with E-state index in [-0.39, 0.29) is 16.5 Å². The maximum atomic E-state index is 11.5. The molecule has 0 radical (unpaired) electrons. The first-order chi connectivity index (χ1) is 8.72. The molecule has 0 bridgehead atoms. The first-order valence-electron chi connectivity index (χ1n) is 4.68. The molecule has 0 aliphatic heterocycles. The van der Waals surface area contributed by atoms with Crippen molar-refractivity contribution in [1.29, 1.82) is 0 Å². The number of hydrogen-bond donors (Lipinski definition) is 0. The standard InChI is InChI=1S/C9H9F3NO4S2/c1-2-8-3-5-9(6-4-8)7-18-19(14,15)17-16-13(10,11)12/h2-6H,1,7H2/q+1. The van der Waals surface area contributed by atoms with Crippen LogP contribution in [0.5, 0.6) is 0 Å². The maximum absolute atomic E-state index is 11.5. The normalized spacial score (nSPS) is 12.4. The van der Waals surface area contributed by atoms with Crippen LogP contribution in [0.2, 0.25) is 0 Å². The minimum Gasteiger partial charge on any atom is -0.185 e. The molecular weight excluding hydrogens is 307 g/mol. The third-order valence-electron chi connectivity index (χ3n) is 1.78. The monoisotopic (exact) mass is 316 g/mol. The molecule has 5 nitrogen and oxygen atoms in total. The molecule has 106 valence electrons. The predicted molar refractivity (Wildman–Crippen MR) is 62.5 cm³/mol. The van der Waals surface area contributed by atoms with Crippen molar-refractivity contribution in [1.82, 2.24) is 0 Å². The minimum absolute atomic E-state index is 0.0754. The number of quaternary nitrogens is 1. The maximum Gasteiger partial charge on any atom is 0.424 e. The molecule has 0 saturated carbocycles. The second kappa shape index (κ2) is 6.39. The van der Waals surface area contributed by atoms with Gasteiger partial charge in [0.2, 0.25) is 0 Å². The molecule has 10 heteroatoms. The number of rotatable bonds is 7. The van der Waals surface area contributed by atoms with E-state index in [1.807, 2.05) is 0 Å². The van der Waals surface area contributed by atoms with E-state index in [4.69, 9.17) is 0 Å². The van der Waals surface area contributed by atoms with Gasteiger partial charge in [0.1, 0.15) is 18.4 Å². The Kier molecular flexibility index (Phi) is 5.38. The summed E-state index contributed by atoms with van der Waals surface area (Å²) in [5.74, 6) is -0.0754. The Balaban J connectivity index is 2.52. The molecule has 1 aromatic rings. The Morgan fingerprint density at radius 2 is 1.84 bits per heavy atom. The number of hydrogen-bond acceptors (Lipinski definition) is 5. The highest BCUT2D eigenvalue weighted by atomic mass is 33.1. The Morgan fingerprint density at radius 3 is 2.32 bits per heavy atom. The van der Waals surface area contributed by atoms with Crippen LogP contribution in [0, 0.1) is 0 Å². The molecule has 1 rings (SSSR count). The molecule has 0 spiro atoms. The minimum atomic E-state index is -4.56. The molecule has 1 aromatic carbocycles. The molecule has 0 saturated heterocycles. The van der Waals surface area contributed by atoms with Crippen molar-refractivity contribution in [3.05, 3.63) is 42.0 Å². The van der Waals surface area contributed by atoms with E-state index in [0.29, 0.717) is 5.56 Å². The predicted octanol–water partition coefficient (Wildman–Crippen LogP) is 3.14. The fourth-order valence-electron chi connectivity index (χ4n) is 0.982. The Hall–Kier alpha value is -1.07. The van der Waals surface area contributed by atoms with Crippen molar-refractivity contribution in [2.24, 2.45) is 0 Å². The van der Waals surface area contributed by atoms with Crippen molar-refractivity contribution in [3.8, 4) is 0 Å². The molecule has 0 atom stereocenters. The summed E-state index contributed by atoms with van der Waals surface area (Å²) in [6.07, 6.45) is 1.60. The van der Waals surface area contributed by atoms with E-state index in [0.717, 1.165) is 5.56 Å². The van der Waals surface area contributed by atoms with Gasteiger partial charge in [-0.1, -0.05) is 36.9 Å². The lowest BCUT2D eigenvalue weighted by atomic mass is 10.1. The largest absolute Gasteiger partial charge is 0.424 e. The highest BCUT2D eigenvalue weighted by Gasteiger charge is 2.39. The van der Waals surface area contributed by atoms with Gasteiger partial charge in [0.15, 0.2) is 0 Å². The van der Waals surface area contributed by atoms with Crippen molar-refractivity contribution in [2.45, 2.75) is 5.75 Å². The van der Waals surface area contributed by atoms with E-state index < -0.39 is 14.5 Å². The van der Waals surface area contributed by atoms with Crippen molar-refractivity contribution in [3.63, 3.8) is 0 Å². The van der Waals surface area contributed by atoms with Crippen molar-refractivity contribution >= 4 is 26.0 Å². The molecule has 0 unspecified atom stereocenters. The lowest BCUT2D eigenvalue weighted by molar-refractivity contribution is -1.41. The van der Waals surface area contributed by atoms with Gasteiger partial charge in [0.05, 0.1) is 0 Å². The molecule has 0 aliphatic rings. The third-order valence-corrected chi connectivity index (χ3v) is 4.14. The van der Waals surface area contributed by atoms with Crippen molar-refractivity contribution in [2.75, 3.05) is 0 Å². The van der Waals surface area contributed by atoms with Crippen molar-refractivity contribution < 1.29 is 36.5 Å². The Morgan fingerprint density at radius 1 is 1.26 bits per heavy atom. The number of halogens is 3. The lowest BCUT2D eigenvalue weighted by Gasteiger charge is -2.02. The quantitative estimate of drug-likeness (QED) is 0.335. The summed E-state index contributed by atoms with van der Waals surface area (Å²) in [6, 6.07) is 6.64. The molecule has 0 amide bonds. The highest BCUT2D eigenvalue weighted by Crippen LogP contribution is 2.23. The van der Waals surface area contributed by atoms with Crippen LogP contribution in [0.1, 0.15) is 11.1 Å². The van der Waals surface area contributed by atoms with E-state index in [9.17, 15) is 21.9 Å². The van der Waals surface area contributed by atoms with Crippen LogP contribution < -0.4 is 0 Å². The van der Waals surface area contributed by atoms with E-state index in [2.05, 4.69) is 15.9 Å². The lowest BCUT2D eigenvalue weighted by Crippen LogP contribution is -2.21. The van der Waals surface area contributed by atoms with E-state index >= 15 is 0 Å². The van der Waals surface area contributed by atoms with Gasteiger partial charge in [-0.3, -0.25) is 0 Å². The second-order valence-corrected chi connectivity index (χ2v) is 6.57. The van der Waals surface area contributed by atoms with Gasteiger partial charge in [-0.05, 0) is 15.5 Å². The number of nitrogens with zero attached hydrogens (tertiary/aromatic N) is 1. The average molecular weight is 316 g/mol. The molecule has 0 heterocycles. The molecule has 0 aromatic heterocycles. The van der Waals surface area contributed by atoms with Crippen LogP contribution >= 0.6 is 10.8 Å². The van der Waals surface area contributed by atoms with Gasteiger partial charge < -0.3 is 0 Å². The fourth-order valence-corrected chi connectivity index (χ4v) is 2.67. The van der Waals surface area contributed by atoms with Crippen LogP contribution in [0.15, 0.2) is 30.8 Å². The third kappa shape index (κ3) is 6.59. The van der Waals surface area contributed by atoms with E-state index in [1.54, 1.807) is 30.3 Å². The Labute approximate surface area is 111 Å². The smallest absolute Gasteiger partial charge is 0.185 e. The zero-order chi connectivity index (χ0) is 14.5. The summed E-state index contributed by atoms with van der Waals surface area (Å²) in [7, 11) is -4.31. The number of benzene rings is 1. The summed E-state index contributed by atoms with van der Waals surface area (Å²) in [5.41, 5.74) is 1.44. The Bertz CT molecular complexity index is 527. The summed E-state index contributed by atoms with van der Waals surface area (Å²) in [4.78, 5) is 2.73. The molecule has 0 fully saturated rings. The van der Waals surface area contributed by atoms with Crippen LogP contribution in [-0.2, 0) is 24.2 Å². The van der Waals surface area contributed by atoms with Gasteiger partial charge in [0.25, 0.3) is 0 Å². The summed E-state index contributed by atoms with van der Waals surface area (Å²) in [5, 5.41) is -4.56. The van der Waals surface area contributed by atoms with E-state index in [1.165, 1.54) is 0 Å². The van der Waals surface area contributed by atoms with Gasteiger partial charge in [-0.25, -0.2) is 0 Å². The first kappa shape index (κ1) is 16.0. The molecule has 0 aliphatic carbocycles. The molecule has 0 N–H and O–H groups in total. The fraction of sp³-hybridized carbons (Fsp3) is 0.111. The van der Waals surface area contributed by atoms with Gasteiger partial charge in [0, 0.05) is 16.5 Å². The van der Waals surface area contributed by atoms with Crippen LogP contribution in [0.3, 0.4) is 0 Å². The van der Waals surface area contributed by atoms with Crippen LogP contribution in [-0.4, -0.2) is 13.7 Å². The average Bonchev–Trinajstić information content (AvgIpc) is 2.34. The highest BCUT2D eigenvalue weighted by molar-refractivity contribution is 8.69. The second-order valence-electron chi connectivity index (χ2n) is 3.16. The molecular formula is C9H9F3NO4S2+.